The van der Waals surface area contributed by atoms with Gasteiger partial charge in [0.2, 0.25) is 0 Å². The highest BCUT2D eigenvalue weighted by Crippen LogP contribution is 2.74. The van der Waals surface area contributed by atoms with Gasteiger partial charge in [-0.3, -0.25) is 9.59 Å². The van der Waals surface area contributed by atoms with Gasteiger partial charge < -0.3 is 82.6 Å². The molecule has 13 unspecified atom stereocenters. The molecule has 7 N–H and O–H groups in total. The van der Waals surface area contributed by atoms with Crippen LogP contribution in [0.3, 0.4) is 0 Å². The second-order valence-corrected chi connectivity index (χ2v) is 66.4. The van der Waals surface area contributed by atoms with Crippen molar-refractivity contribution in [1.29, 1.82) is 0 Å². The van der Waals surface area contributed by atoms with E-state index in [4.69, 9.17) is 37.3 Å². The van der Waals surface area contributed by atoms with Crippen LogP contribution in [-0.4, -0.2) is 191 Å². The normalized spacial score (nSPS) is 48.8. The lowest BCUT2D eigenvalue weighted by Crippen LogP contribution is -2.65. The Bertz CT molecular complexity index is 4120. The van der Waals surface area contributed by atoms with Crippen molar-refractivity contribution in [1.82, 2.24) is 0 Å². The first-order valence-corrected chi connectivity index (χ1v) is 63.0. The van der Waals surface area contributed by atoms with Crippen molar-refractivity contribution in [2.45, 2.75) is 435 Å². The van der Waals surface area contributed by atoms with E-state index in [0.29, 0.717) is 159 Å². The Labute approximate surface area is 838 Å². The number of aliphatic hydroxyl groups excluding tert-OH is 7. The summed E-state index contributed by atoms with van der Waals surface area (Å²) in [6.45, 7) is 63.0. The average molecular weight is 1970 g/mol. The van der Waals surface area contributed by atoms with Crippen molar-refractivity contribution in [3.8, 4) is 0 Å². The minimum Gasteiger partial charge on any atom is -0.417 e. The van der Waals surface area contributed by atoms with Gasteiger partial charge in [-0.25, -0.2) is 0 Å². The van der Waals surface area contributed by atoms with Gasteiger partial charge in [0.15, 0.2) is 34.0 Å². The van der Waals surface area contributed by atoms with E-state index >= 15 is 0 Å². The zero-order valence-corrected chi connectivity index (χ0v) is 93.5. The van der Waals surface area contributed by atoms with Crippen LogP contribution in [-0.2, 0) is 56.5 Å². The highest BCUT2D eigenvalue weighted by molar-refractivity contribution is 6.74. The smallest absolute Gasteiger partial charge is 0.191 e. The summed E-state index contributed by atoms with van der Waals surface area (Å²) in [4.78, 5) is 49.8. The molecule has 19 rings (SSSR count). The molecule has 16 aliphatic carbocycles. The first kappa shape index (κ1) is 111. The fourth-order valence-electron chi connectivity index (χ4n) is 37.1. The molecule has 3 aliphatic heterocycles. The quantitative estimate of drug-likeness (QED) is 0.0558. The van der Waals surface area contributed by atoms with Crippen LogP contribution >= 0.6 is 0 Å². The van der Waals surface area contributed by atoms with Crippen molar-refractivity contribution >= 4 is 40.8 Å². The molecule has 0 radical (unpaired) electrons. The fourth-order valence-corrected chi connectivity index (χ4v) is 39.2. The molecule has 16 saturated carbocycles. The van der Waals surface area contributed by atoms with Crippen molar-refractivity contribution in [3.05, 3.63) is 0 Å². The van der Waals surface area contributed by atoms with Gasteiger partial charge in [-0.1, -0.05) is 164 Å². The second-order valence-electron chi connectivity index (χ2n) is 56.8. The molecule has 0 aromatic heterocycles. The molecule has 3 saturated heterocycles. The van der Waals surface area contributed by atoms with Crippen molar-refractivity contribution < 1.29 is 92.2 Å². The van der Waals surface area contributed by atoms with Crippen molar-refractivity contribution in [2.24, 2.45) is 196 Å². The van der Waals surface area contributed by atoms with Crippen LogP contribution in [0.5, 0.6) is 0 Å². The maximum Gasteiger partial charge on any atom is 0.191 e. The van der Waals surface area contributed by atoms with Crippen LogP contribution in [0.2, 0.25) is 36.3 Å². The Morgan fingerprint density at radius 3 is 1.17 bits per heavy atom. The Balaban J connectivity index is 0.000000132. The summed E-state index contributed by atoms with van der Waals surface area (Å²) in [5.74, 6) is 9.00. The second kappa shape index (κ2) is 41.0. The van der Waals surface area contributed by atoms with Gasteiger partial charge in [0, 0.05) is 111 Å². The van der Waals surface area contributed by atoms with E-state index in [1.54, 1.807) is 0 Å². The number of Topliss-reactive ketones (excluding diaryl/α,β-unsaturated/α-hetero) is 2. The van der Waals surface area contributed by atoms with Crippen molar-refractivity contribution in [3.63, 3.8) is 0 Å². The summed E-state index contributed by atoms with van der Waals surface area (Å²) >= 11 is 0. The lowest BCUT2D eigenvalue weighted by Gasteiger charge is -2.64. The van der Waals surface area contributed by atoms with Gasteiger partial charge in [0.25, 0.3) is 0 Å². The molecule has 138 heavy (non-hydrogen) atoms. The summed E-state index contributed by atoms with van der Waals surface area (Å²) in [6.07, 6.45) is 37.4. The van der Waals surface area contributed by atoms with E-state index in [1.165, 1.54) is 70.4 Å². The largest absolute Gasteiger partial charge is 0.417 e. The molecule has 19 fully saturated rings. The number of carbonyl (C=O) groups is 4. The third-order valence-corrected chi connectivity index (χ3v) is 57.7. The molecule has 3 heterocycles. The third-order valence-electron chi connectivity index (χ3n) is 48.7. The first-order valence-electron chi connectivity index (χ1n) is 57.2. The minimum absolute atomic E-state index is 0.0143. The number of carbonyl (C=O) groups excluding carboxylic acids is 4. The number of fused-ring (bicyclic) bond motifs is 12. The molecule has 19 aliphatic rings. The lowest BCUT2D eigenvalue weighted by molar-refractivity contribution is -0.268. The molecule has 0 aromatic rings. The maximum atomic E-state index is 13.2. The number of rotatable bonds is 16. The van der Waals surface area contributed by atoms with Gasteiger partial charge in [0.1, 0.15) is 24.1 Å². The molecule has 3 spiro atoms. The van der Waals surface area contributed by atoms with E-state index < -0.39 is 46.2 Å². The van der Waals surface area contributed by atoms with Gasteiger partial charge in [-0.05, 0) is 360 Å². The summed E-state index contributed by atoms with van der Waals surface area (Å²) in [7, 11) is -3.68. The summed E-state index contributed by atoms with van der Waals surface area (Å²) in [6, 6.07) is 0. The summed E-state index contributed by atoms with van der Waals surface area (Å²) in [5.41, 5.74) is -0.0105. The zero-order valence-electron chi connectivity index (χ0n) is 91.5. The molecule has 792 valence electrons. The zero-order chi connectivity index (χ0) is 101. The number of ether oxygens (including phenoxy) is 6. The van der Waals surface area contributed by atoms with Crippen LogP contribution in [0.4, 0.5) is 0 Å². The highest BCUT2D eigenvalue weighted by Gasteiger charge is 2.73. The molecule has 19 nitrogen and oxygen atoms in total. The minimum atomic E-state index is -1.87. The Morgan fingerprint density at radius 2 is 0.703 bits per heavy atom. The predicted octanol–water partition coefficient (Wildman–Crippen LogP) is 22.6. The molecular formula is C117H202O19Si2. The molecule has 21 heteroatoms. The number of hydrogen-bond donors (Lipinski definition) is 7. The van der Waals surface area contributed by atoms with Gasteiger partial charge in [-0.15, -0.1) is 0 Å². The highest BCUT2D eigenvalue weighted by atomic mass is 28.4. The molecule has 37 atom stereocenters. The van der Waals surface area contributed by atoms with Crippen LogP contribution in [0.15, 0.2) is 0 Å². The summed E-state index contributed by atoms with van der Waals surface area (Å²) < 4.78 is 51.0. The van der Waals surface area contributed by atoms with E-state index in [0.717, 1.165) is 173 Å². The Morgan fingerprint density at radius 1 is 0.341 bits per heavy atom. The van der Waals surface area contributed by atoms with E-state index in [9.17, 15) is 54.9 Å². The maximum absolute atomic E-state index is 13.2. The fraction of sp³-hybridized carbons (Fsp3) is 0.966. The number of aldehydes is 2. The van der Waals surface area contributed by atoms with Crippen LogP contribution < -0.4 is 0 Å². The van der Waals surface area contributed by atoms with Crippen LogP contribution in [0, 0.1) is 196 Å². The number of hydrogen-bond acceptors (Lipinski definition) is 19. The van der Waals surface area contributed by atoms with E-state index in [1.807, 2.05) is 0 Å². The predicted molar refractivity (Wildman–Crippen MR) is 548 cm³/mol. The van der Waals surface area contributed by atoms with E-state index in [2.05, 4.69) is 165 Å². The van der Waals surface area contributed by atoms with Gasteiger partial charge in [0.05, 0.1) is 58.0 Å². The van der Waals surface area contributed by atoms with Gasteiger partial charge >= 0.3 is 0 Å². The first-order chi connectivity index (χ1) is 64.6. The molecule has 0 bridgehead atoms. The number of ketones is 2. The van der Waals surface area contributed by atoms with E-state index in [-0.39, 0.29) is 138 Å². The molecular weight excluding hydrogens is 1770 g/mol. The summed E-state index contributed by atoms with van der Waals surface area (Å²) in [5, 5.41) is 73.5. The monoisotopic (exact) mass is 1970 g/mol. The van der Waals surface area contributed by atoms with Gasteiger partial charge in [-0.2, -0.15) is 0 Å². The molecule has 0 amide bonds. The molecule has 0 aromatic carbocycles. The topological polar surface area (TPSA) is 284 Å². The van der Waals surface area contributed by atoms with Crippen LogP contribution in [0.25, 0.3) is 0 Å². The SMILES string of the molecule is C[C@H]1CC[C@](C)(C2CC[C@@]3(C)C(CCC34OCCO4)C2C=O)[C@@H](C=O)C1.C[C@H]1CC[C@](C)(C2CC[C@@]3(C)C(CCC34OCCO4)[C@@H]2CO)[C@@H](CO)C1.C[C@H]1CC[C@](C)(C2CC[C@]3(C)C(=O)CCC3[C@@H]2CO[Si](C)(C)C(C)(C)C)[C@@H](CO[Si](C)(C)C(C)(C)C)C1.C[C@H]1CC[C@]2(C)C3CC[C@@]4(C)C(CCC45OCCO5)C3[C@@H](O)[C@H](O)C2C1.C[C@]12CCC([C@@]3(C)CC[C@H](O)C[C@@H]3CO)[C@@H](CO)C1CCC2=O. The Kier molecular flexibility index (Phi) is 32.9. The average Bonchev–Trinajstić information content (AvgIpc) is 1.47. The Hall–Kier alpha value is -1.49. The van der Waals surface area contributed by atoms with Crippen LogP contribution in [0.1, 0.15) is 363 Å². The third kappa shape index (κ3) is 18.9. The standard InChI is InChI=1S/C32H62O3Si2.C22H36O4.C22H38O4.C22H34O4.C19H32O4/c1-23-16-18-31(8,24(20-23)21-34-36(10,11)29(2,3)4)27-17-19-32(9)26(14-15-28(32)33)25(27)22-35-37(12,13)30(5,6)7;1-13-4-7-20(2)14-5-8-21(3)15(6-9-22(21)25-10-11-26-22)17(14)19(24)18(23)16(20)12-13;2*1-15-4-7-20(2,16(12-15)13-23)18-5-8-21(3)19(17(18)14-24)6-9-22(21)25-10-11-26-22;1-18(7-5-13(22)9-12(18)10-20)16-6-8-19(2)15(14(16)11-21)3-4-17(19)23/h23-27H,14-22H2,1-13H3;13-19,23-24H,4-12H2,1-3H3;15-19,23-24H,4-14H2,1-3H3;13-19H,4-12H2,1-3H3;12-16,20-22H,3-11H2,1-2H3/t23-,24+,25-,26?,27?,31-,32-;13-,14?,15?,16?,17?,18+,19+,20+,21-;15-,16+,17+,18?,19?,20-,21-;15-,16+,17?,18?,19?,20-,21-;12-,13+,14+,15?,16?,18+,19+/m00001/s1. The lowest BCUT2D eigenvalue weighted by atomic mass is 9.43. The number of aliphatic hydroxyl groups is 7. The van der Waals surface area contributed by atoms with Crippen molar-refractivity contribution in [2.75, 3.05) is 79.3 Å².